The van der Waals surface area contributed by atoms with Gasteiger partial charge < -0.3 is 4.42 Å². The van der Waals surface area contributed by atoms with E-state index in [1.54, 1.807) is 6.26 Å². The summed E-state index contributed by atoms with van der Waals surface area (Å²) in [6.45, 7) is 0. The molecule has 0 saturated heterocycles. The molecule has 0 N–H and O–H groups in total. The average Bonchev–Trinajstić information content (AvgIpc) is 2.94. The largest absolute Gasteiger partial charge is 0.457 e. The average molecular weight is 398 g/mol. The minimum absolute atomic E-state index is 0.177. The van der Waals surface area contributed by atoms with Gasteiger partial charge in [0.2, 0.25) is 0 Å². The van der Waals surface area contributed by atoms with E-state index < -0.39 is 0 Å². The van der Waals surface area contributed by atoms with Gasteiger partial charge in [-0.3, -0.25) is 0 Å². The molecule has 0 aliphatic heterocycles. The Morgan fingerprint density at radius 2 is 1.70 bits per heavy atom. The smallest absolute Gasteiger partial charge is 0.173 e. The van der Waals surface area contributed by atoms with Gasteiger partial charge in [-0.25, -0.2) is 0 Å². The fourth-order valence-electron chi connectivity index (χ4n) is 3.04. The fourth-order valence-corrected chi connectivity index (χ4v) is 4.48. The van der Waals surface area contributed by atoms with E-state index in [-0.39, 0.29) is 4.83 Å². The molecular formula is C17H18Br2O. The van der Waals surface area contributed by atoms with E-state index in [4.69, 9.17) is 4.42 Å². The molecular weight excluding hydrogens is 380 g/mol. The first kappa shape index (κ1) is 14.4. The lowest BCUT2D eigenvalue weighted by molar-refractivity contribution is 0.443. The van der Waals surface area contributed by atoms with Gasteiger partial charge in [0.25, 0.3) is 0 Å². The van der Waals surface area contributed by atoms with Gasteiger partial charge in [-0.1, -0.05) is 59.5 Å². The lowest BCUT2D eigenvalue weighted by Crippen LogP contribution is -2.04. The second-order valence-corrected chi connectivity index (χ2v) is 7.15. The van der Waals surface area contributed by atoms with Gasteiger partial charge >= 0.3 is 0 Å². The molecule has 20 heavy (non-hydrogen) atoms. The number of alkyl halides is 1. The number of rotatable bonds is 3. The zero-order valence-electron chi connectivity index (χ0n) is 11.3. The maximum absolute atomic E-state index is 5.31. The van der Waals surface area contributed by atoms with Crippen molar-refractivity contribution in [1.29, 1.82) is 0 Å². The van der Waals surface area contributed by atoms with Crippen LogP contribution in [0.5, 0.6) is 0 Å². The zero-order valence-corrected chi connectivity index (χ0v) is 14.5. The van der Waals surface area contributed by atoms with Crippen molar-refractivity contribution in [2.45, 2.75) is 42.8 Å². The van der Waals surface area contributed by atoms with E-state index in [0.29, 0.717) is 0 Å². The summed E-state index contributed by atoms with van der Waals surface area (Å²) in [6.07, 6.45) is 8.59. The van der Waals surface area contributed by atoms with Gasteiger partial charge in [-0.05, 0) is 51.9 Å². The standard InChI is InChI=1S/C17H18Br2O/c18-16(15-10-11-20-17(15)19)14-8-6-13(7-9-14)12-4-2-1-3-5-12/h6-12,16H,1-5H2. The van der Waals surface area contributed by atoms with Gasteiger partial charge in [0.1, 0.15) is 0 Å². The second kappa shape index (κ2) is 6.48. The van der Waals surface area contributed by atoms with Crippen LogP contribution in [-0.2, 0) is 0 Å². The maximum atomic E-state index is 5.31. The molecule has 0 bridgehead atoms. The predicted octanol–water partition coefficient (Wildman–Crippen LogP) is 6.57. The van der Waals surface area contributed by atoms with Crippen LogP contribution in [0.4, 0.5) is 0 Å². The van der Waals surface area contributed by atoms with Crippen LogP contribution in [0.25, 0.3) is 0 Å². The molecule has 1 fully saturated rings. The summed E-state index contributed by atoms with van der Waals surface area (Å²) in [5.74, 6) is 0.771. The quantitative estimate of drug-likeness (QED) is 0.533. The fraction of sp³-hybridized carbons (Fsp3) is 0.412. The van der Waals surface area contributed by atoms with Crippen LogP contribution in [0.15, 0.2) is 45.7 Å². The summed E-state index contributed by atoms with van der Waals surface area (Å²) >= 11 is 7.20. The maximum Gasteiger partial charge on any atom is 0.173 e. The van der Waals surface area contributed by atoms with Crippen LogP contribution in [0, 0.1) is 0 Å². The summed E-state index contributed by atoms with van der Waals surface area (Å²) in [5, 5.41) is 0. The number of halogens is 2. The summed E-state index contributed by atoms with van der Waals surface area (Å²) in [6, 6.07) is 11.1. The normalized spacial score (nSPS) is 18.1. The Kier molecular flexibility index (Phi) is 4.67. The summed E-state index contributed by atoms with van der Waals surface area (Å²) < 4.78 is 6.11. The molecule has 1 heterocycles. The van der Waals surface area contributed by atoms with Gasteiger partial charge in [0, 0.05) is 5.56 Å². The van der Waals surface area contributed by atoms with Gasteiger partial charge in [-0.15, -0.1) is 0 Å². The highest BCUT2D eigenvalue weighted by Gasteiger charge is 2.18. The Balaban J connectivity index is 1.77. The van der Waals surface area contributed by atoms with Gasteiger partial charge in [0.15, 0.2) is 4.67 Å². The highest BCUT2D eigenvalue weighted by molar-refractivity contribution is 9.10. The Morgan fingerprint density at radius 3 is 2.30 bits per heavy atom. The minimum Gasteiger partial charge on any atom is -0.457 e. The third-order valence-corrected chi connectivity index (χ3v) is 5.89. The molecule has 1 nitrogen and oxygen atoms in total. The van der Waals surface area contributed by atoms with Crippen molar-refractivity contribution in [3.8, 4) is 0 Å². The first-order valence-corrected chi connectivity index (χ1v) is 8.93. The van der Waals surface area contributed by atoms with E-state index in [2.05, 4.69) is 56.1 Å². The molecule has 1 aliphatic carbocycles. The van der Waals surface area contributed by atoms with E-state index in [0.717, 1.165) is 16.2 Å². The van der Waals surface area contributed by atoms with E-state index in [9.17, 15) is 0 Å². The molecule has 0 amide bonds. The lowest BCUT2D eigenvalue weighted by atomic mass is 9.84. The Labute approximate surface area is 137 Å². The molecule has 106 valence electrons. The monoisotopic (exact) mass is 396 g/mol. The van der Waals surface area contributed by atoms with Crippen LogP contribution < -0.4 is 0 Å². The van der Waals surface area contributed by atoms with Crippen molar-refractivity contribution in [3.63, 3.8) is 0 Å². The molecule has 3 rings (SSSR count). The van der Waals surface area contributed by atoms with Crippen molar-refractivity contribution in [1.82, 2.24) is 0 Å². The van der Waals surface area contributed by atoms with Gasteiger partial charge in [-0.2, -0.15) is 0 Å². The summed E-state index contributed by atoms with van der Waals surface area (Å²) in [7, 11) is 0. The number of benzene rings is 1. The molecule has 1 aliphatic rings. The molecule has 0 radical (unpaired) electrons. The molecule has 0 spiro atoms. The highest BCUT2D eigenvalue weighted by atomic mass is 79.9. The topological polar surface area (TPSA) is 13.1 Å². The van der Waals surface area contributed by atoms with Crippen LogP contribution in [0.2, 0.25) is 0 Å². The van der Waals surface area contributed by atoms with Crippen molar-refractivity contribution in [2.75, 3.05) is 0 Å². The molecule has 1 saturated carbocycles. The Hall–Kier alpha value is -0.540. The van der Waals surface area contributed by atoms with Crippen molar-refractivity contribution in [3.05, 3.63) is 58.0 Å². The summed E-state index contributed by atoms with van der Waals surface area (Å²) in [5.41, 5.74) is 3.90. The van der Waals surface area contributed by atoms with Crippen LogP contribution in [0.3, 0.4) is 0 Å². The predicted molar refractivity (Wildman–Crippen MR) is 89.4 cm³/mol. The third kappa shape index (κ3) is 3.04. The molecule has 1 aromatic carbocycles. The third-order valence-electron chi connectivity index (χ3n) is 4.22. The number of furan rings is 1. The highest BCUT2D eigenvalue weighted by Crippen LogP contribution is 2.37. The second-order valence-electron chi connectivity index (χ2n) is 5.51. The van der Waals surface area contributed by atoms with Crippen LogP contribution >= 0.6 is 31.9 Å². The minimum atomic E-state index is 0.177. The SMILES string of the molecule is Brc1occc1C(Br)c1ccc(C2CCCCC2)cc1. The van der Waals surface area contributed by atoms with Crippen LogP contribution in [0.1, 0.15) is 59.5 Å². The Bertz CT molecular complexity index is 553. The molecule has 1 atom stereocenters. The number of hydrogen-bond donors (Lipinski definition) is 0. The van der Waals surface area contributed by atoms with Gasteiger partial charge in [0.05, 0.1) is 11.1 Å². The Morgan fingerprint density at radius 1 is 1.00 bits per heavy atom. The molecule has 1 aromatic heterocycles. The first-order valence-electron chi connectivity index (χ1n) is 7.22. The lowest BCUT2D eigenvalue weighted by Gasteiger charge is -2.22. The molecule has 3 heteroatoms. The zero-order chi connectivity index (χ0) is 13.9. The van der Waals surface area contributed by atoms with Crippen molar-refractivity contribution < 1.29 is 4.42 Å². The van der Waals surface area contributed by atoms with Crippen molar-refractivity contribution >= 4 is 31.9 Å². The van der Waals surface area contributed by atoms with E-state index in [1.165, 1.54) is 43.2 Å². The first-order chi connectivity index (χ1) is 9.75. The van der Waals surface area contributed by atoms with E-state index >= 15 is 0 Å². The van der Waals surface area contributed by atoms with E-state index in [1.807, 2.05) is 6.07 Å². The number of hydrogen-bond acceptors (Lipinski definition) is 1. The molecule has 2 aromatic rings. The summed E-state index contributed by atoms with van der Waals surface area (Å²) in [4.78, 5) is 0.177. The van der Waals surface area contributed by atoms with Crippen LogP contribution in [-0.4, -0.2) is 0 Å². The van der Waals surface area contributed by atoms with Crippen molar-refractivity contribution in [2.24, 2.45) is 0 Å². The molecule has 1 unspecified atom stereocenters.